The second-order valence-electron chi connectivity index (χ2n) is 4.48. The zero-order valence-electron chi connectivity index (χ0n) is 10.8. The minimum atomic E-state index is -0.534. The molecule has 3 rings (SSSR count). The van der Waals surface area contributed by atoms with Crippen LogP contribution in [0.2, 0.25) is 0 Å². The largest absolute Gasteiger partial charge is 0.464 e. The third kappa shape index (κ3) is 2.67. The van der Waals surface area contributed by atoms with Crippen LogP contribution in [-0.4, -0.2) is 5.78 Å². The predicted molar refractivity (Wildman–Crippen MR) is 81.7 cm³/mol. The Labute approximate surface area is 129 Å². The Bertz CT molecular complexity index is 794. The van der Waals surface area contributed by atoms with Gasteiger partial charge in [-0.05, 0) is 42.5 Å². The average Bonchev–Trinajstić information content (AvgIpc) is 3.01. The van der Waals surface area contributed by atoms with Crippen molar-refractivity contribution in [3.8, 4) is 11.3 Å². The first-order chi connectivity index (χ1) is 10.2. The van der Waals surface area contributed by atoms with Gasteiger partial charge in [0.1, 0.15) is 11.6 Å². The maximum atomic E-state index is 13.8. The number of rotatable bonds is 3. The molecular weight excluding hydrogens is 335 g/mol. The van der Waals surface area contributed by atoms with E-state index in [1.54, 1.807) is 36.4 Å². The van der Waals surface area contributed by atoms with Gasteiger partial charge in [0.25, 0.3) is 0 Å². The highest BCUT2D eigenvalue weighted by atomic mass is 79.9. The molecule has 0 amide bonds. The fourth-order valence-electron chi connectivity index (χ4n) is 2.14. The second-order valence-corrected chi connectivity index (χ2v) is 5.39. The van der Waals surface area contributed by atoms with E-state index >= 15 is 0 Å². The highest BCUT2D eigenvalue weighted by molar-refractivity contribution is 9.10. The van der Waals surface area contributed by atoms with E-state index in [0.717, 1.165) is 4.47 Å². The maximum Gasteiger partial charge on any atom is 0.196 e. The third-order valence-electron chi connectivity index (χ3n) is 3.13. The zero-order chi connectivity index (χ0) is 14.8. The number of hydrogen-bond acceptors (Lipinski definition) is 2. The summed E-state index contributed by atoms with van der Waals surface area (Å²) in [6.07, 6.45) is 1.54. The van der Waals surface area contributed by atoms with Gasteiger partial charge in [-0.3, -0.25) is 4.79 Å². The first-order valence-electron chi connectivity index (χ1n) is 6.29. The van der Waals surface area contributed by atoms with Crippen molar-refractivity contribution < 1.29 is 13.6 Å². The van der Waals surface area contributed by atoms with Crippen LogP contribution < -0.4 is 0 Å². The SMILES string of the molecule is O=C(c1ccccc1F)c1cc(Br)ccc1-c1ccco1. The van der Waals surface area contributed by atoms with E-state index in [2.05, 4.69) is 15.9 Å². The molecule has 0 atom stereocenters. The molecule has 0 radical (unpaired) electrons. The Morgan fingerprint density at radius 3 is 2.52 bits per heavy atom. The van der Waals surface area contributed by atoms with Crippen molar-refractivity contribution in [1.82, 2.24) is 0 Å². The lowest BCUT2D eigenvalue weighted by molar-refractivity contribution is 0.103. The summed E-state index contributed by atoms with van der Waals surface area (Å²) < 4.78 is 19.9. The molecule has 0 N–H and O–H groups in total. The standard InChI is InChI=1S/C17H10BrFO2/c18-11-7-8-12(16-6-3-9-21-16)14(10-11)17(20)13-4-1-2-5-15(13)19/h1-10H. The monoisotopic (exact) mass is 344 g/mol. The molecule has 21 heavy (non-hydrogen) atoms. The number of carbonyl (C=O) groups is 1. The first kappa shape index (κ1) is 13.8. The molecule has 0 saturated carbocycles. The quantitative estimate of drug-likeness (QED) is 0.620. The number of benzene rings is 2. The molecule has 104 valence electrons. The average molecular weight is 345 g/mol. The first-order valence-corrected chi connectivity index (χ1v) is 7.09. The molecule has 0 spiro atoms. The molecule has 3 aromatic rings. The fourth-order valence-corrected chi connectivity index (χ4v) is 2.50. The number of ketones is 1. The summed E-state index contributed by atoms with van der Waals surface area (Å²) in [5, 5.41) is 0. The lowest BCUT2D eigenvalue weighted by atomic mass is 9.97. The fraction of sp³-hybridized carbons (Fsp3) is 0. The number of halogens is 2. The second kappa shape index (κ2) is 5.66. The van der Waals surface area contributed by atoms with E-state index in [1.165, 1.54) is 18.4 Å². The van der Waals surface area contributed by atoms with Gasteiger partial charge in [0.15, 0.2) is 5.78 Å². The topological polar surface area (TPSA) is 30.2 Å². The van der Waals surface area contributed by atoms with Gasteiger partial charge in [0, 0.05) is 15.6 Å². The van der Waals surface area contributed by atoms with Crippen molar-refractivity contribution in [2.75, 3.05) is 0 Å². The minimum Gasteiger partial charge on any atom is -0.464 e. The Hall–Kier alpha value is -2.20. The van der Waals surface area contributed by atoms with Crippen molar-refractivity contribution in [3.63, 3.8) is 0 Å². The van der Waals surface area contributed by atoms with Gasteiger partial charge in [-0.25, -0.2) is 4.39 Å². The van der Waals surface area contributed by atoms with E-state index in [9.17, 15) is 9.18 Å². The molecule has 0 bridgehead atoms. The summed E-state index contributed by atoms with van der Waals surface area (Å²) in [5.41, 5.74) is 1.07. The molecule has 2 nitrogen and oxygen atoms in total. The van der Waals surface area contributed by atoms with Crippen molar-refractivity contribution in [1.29, 1.82) is 0 Å². The molecule has 4 heteroatoms. The van der Waals surface area contributed by atoms with E-state index in [1.807, 2.05) is 6.07 Å². The van der Waals surface area contributed by atoms with Crippen molar-refractivity contribution >= 4 is 21.7 Å². The van der Waals surface area contributed by atoms with E-state index in [4.69, 9.17) is 4.42 Å². The Balaban J connectivity index is 2.16. The molecule has 1 heterocycles. The highest BCUT2D eigenvalue weighted by Crippen LogP contribution is 2.29. The maximum absolute atomic E-state index is 13.8. The van der Waals surface area contributed by atoms with E-state index < -0.39 is 5.82 Å². The van der Waals surface area contributed by atoms with Crippen LogP contribution >= 0.6 is 15.9 Å². The zero-order valence-corrected chi connectivity index (χ0v) is 12.4. The molecule has 0 aliphatic heterocycles. The summed E-state index contributed by atoms with van der Waals surface area (Å²) >= 11 is 3.34. The highest BCUT2D eigenvalue weighted by Gasteiger charge is 2.19. The summed E-state index contributed by atoms with van der Waals surface area (Å²) in [7, 11) is 0. The summed E-state index contributed by atoms with van der Waals surface area (Å²) in [6, 6.07) is 14.7. The lowest BCUT2D eigenvalue weighted by Gasteiger charge is -2.08. The third-order valence-corrected chi connectivity index (χ3v) is 3.62. The Kier molecular flexibility index (Phi) is 3.71. The van der Waals surface area contributed by atoms with Gasteiger partial charge in [-0.2, -0.15) is 0 Å². The van der Waals surface area contributed by atoms with Crippen molar-refractivity contribution in [2.45, 2.75) is 0 Å². The molecule has 1 aromatic heterocycles. The molecular formula is C17H10BrFO2. The molecule has 0 fully saturated rings. The molecule has 0 saturated heterocycles. The van der Waals surface area contributed by atoms with E-state index in [0.29, 0.717) is 16.9 Å². The summed E-state index contributed by atoms with van der Waals surface area (Å²) in [5.74, 6) is -0.337. The molecule has 0 unspecified atom stereocenters. The van der Waals surface area contributed by atoms with Gasteiger partial charge in [-0.15, -0.1) is 0 Å². The smallest absolute Gasteiger partial charge is 0.196 e. The van der Waals surface area contributed by atoms with Crippen LogP contribution in [-0.2, 0) is 0 Å². The van der Waals surface area contributed by atoms with Crippen molar-refractivity contribution in [2.24, 2.45) is 0 Å². The summed E-state index contributed by atoms with van der Waals surface area (Å²) in [4.78, 5) is 12.6. The predicted octanol–water partition coefficient (Wildman–Crippen LogP) is 5.08. The van der Waals surface area contributed by atoms with E-state index in [-0.39, 0.29) is 11.3 Å². The Morgan fingerprint density at radius 1 is 1.00 bits per heavy atom. The van der Waals surface area contributed by atoms with Crippen LogP contribution in [0.1, 0.15) is 15.9 Å². The Morgan fingerprint density at radius 2 is 1.81 bits per heavy atom. The van der Waals surface area contributed by atoms with Crippen LogP contribution in [0.3, 0.4) is 0 Å². The minimum absolute atomic E-state index is 0.0448. The lowest BCUT2D eigenvalue weighted by Crippen LogP contribution is -2.06. The number of hydrogen-bond donors (Lipinski definition) is 0. The van der Waals surface area contributed by atoms with Gasteiger partial charge in [0.2, 0.25) is 0 Å². The molecule has 2 aromatic carbocycles. The van der Waals surface area contributed by atoms with Gasteiger partial charge < -0.3 is 4.42 Å². The number of furan rings is 1. The van der Waals surface area contributed by atoms with Crippen LogP contribution in [0.25, 0.3) is 11.3 Å². The van der Waals surface area contributed by atoms with Crippen LogP contribution in [0.5, 0.6) is 0 Å². The molecule has 0 aliphatic carbocycles. The molecule has 0 aliphatic rings. The van der Waals surface area contributed by atoms with Gasteiger partial charge >= 0.3 is 0 Å². The summed E-state index contributed by atoms with van der Waals surface area (Å²) in [6.45, 7) is 0. The van der Waals surface area contributed by atoms with Crippen LogP contribution in [0.4, 0.5) is 4.39 Å². The number of carbonyl (C=O) groups excluding carboxylic acids is 1. The normalized spacial score (nSPS) is 10.6. The van der Waals surface area contributed by atoms with Crippen molar-refractivity contribution in [3.05, 3.63) is 82.3 Å². The van der Waals surface area contributed by atoms with Crippen LogP contribution in [0, 0.1) is 5.82 Å². The van der Waals surface area contributed by atoms with Gasteiger partial charge in [0.05, 0.1) is 11.8 Å². The van der Waals surface area contributed by atoms with Gasteiger partial charge in [-0.1, -0.05) is 28.1 Å². The van der Waals surface area contributed by atoms with Crippen LogP contribution in [0.15, 0.2) is 69.8 Å².